The Kier molecular flexibility index (Phi) is 1.60. The van der Waals surface area contributed by atoms with Crippen LogP contribution in [0.3, 0.4) is 0 Å². The van der Waals surface area contributed by atoms with E-state index in [2.05, 4.69) is 10.3 Å². The van der Waals surface area contributed by atoms with E-state index in [9.17, 15) is 4.79 Å². The van der Waals surface area contributed by atoms with Crippen molar-refractivity contribution in [1.82, 2.24) is 5.48 Å². The van der Waals surface area contributed by atoms with Crippen LogP contribution in [0.1, 0.15) is 0 Å². The molecule has 0 spiro atoms. The lowest BCUT2D eigenvalue weighted by molar-refractivity contribution is -0.147. The lowest BCUT2D eigenvalue weighted by atomic mass is 10.0. The average molecular weight is 145 g/mol. The molecule has 0 fully saturated rings. The summed E-state index contributed by atoms with van der Waals surface area (Å²) in [6, 6.07) is 0. The van der Waals surface area contributed by atoms with Crippen LogP contribution in [-0.2, 0) is 9.63 Å². The van der Waals surface area contributed by atoms with Gasteiger partial charge in [0.1, 0.15) is 6.26 Å². The van der Waals surface area contributed by atoms with Crippen molar-refractivity contribution in [2.24, 2.45) is 0 Å². The van der Waals surface area contributed by atoms with Gasteiger partial charge in [0, 0.05) is 0 Å². The first-order valence-electron chi connectivity index (χ1n) is 2.66. The summed E-state index contributed by atoms with van der Waals surface area (Å²) in [4.78, 5) is 14.8. The van der Waals surface area contributed by atoms with Crippen molar-refractivity contribution in [2.75, 3.05) is 6.61 Å². The first-order valence-corrected chi connectivity index (χ1v) is 2.66. The molecule has 3 N–H and O–H groups in total. The molecule has 1 rings (SSSR count). The Bertz CT molecular complexity index is 178. The first kappa shape index (κ1) is 7.04. The molecule has 5 nitrogen and oxygen atoms in total. The maximum Gasteiger partial charge on any atom is 0.333 e. The highest BCUT2D eigenvalue weighted by Gasteiger charge is 2.39. The van der Waals surface area contributed by atoms with Crippen molar-refractivity contribution in [1.29, 1.82) is 0 Å². The van der Waals surface area contributed by atoms with Crippen molar-refractivity contribution < 1.29 is 19.8 Å². The van der Waals surface area contributed by atoms with Gasteiger partial charge in [0.2, 0.25) is 0 Å². The maximum absolute atomic E-state index is 10.4. The van der Waals surface area contributed by atoms with Crippen molar-refractivity contribution in [3.8, 4) is 0 Å². The summed E-state index contributed by atoms with van der Waals surface area (Å²) in [5, 5.41) is 17.1. The van der Waals surface area contributed by atoms with Gasteiger partial charge < -0.3 is 15.1 Å². The lowest BCUT2D eigenvalue weighted by Crippen LogP contribution is -2.50. The molecule has 0 saturated carbocycles. The zero-order valence-corrected chi connectivity index (χ0v) is 5.07. The van der Waals surface area contributed by atoms with Gasteiger partial charge in [0.15, 0.2) is 5.54 Å². The normalized spacial score (nSPS) is 30.1. The Morgan fingerprint density at radius 3 is 2.70 bits per heavy atom. The number of aliphatic hydroxyl groups is 1. The van der Waals surface area contributed by atoms with Gasteiger partial charge in [-0.05, 0) is 6.08 Å². The summed E-state index contributed by atoms with van der Waals surface area (Å²) in [6.07, 6.45) is 2.43. The van der Waals surface area contributed by atoms with Crippen LogP contribution in [0.2, 0.25) is 0 Å². The molecule has 1 heterocycles. The van der Waals surface area contributed by atoms with Gasteiger partial charge >= 0.3 is 5.97 Å². The molecule has 1 unspecified atom stereocenters. The van der Waals surface area contributed by atoms with Gasteiger partial charge in [-0.3, -0.25) is 0 Å². The highest BCUT2D eigenvalue weighted by atomic mass is 16.7. The summed E-state index contributed by atoms with van der Waals surface area (Å²) >= 11 is 0. The molecule has 56 valence electrons. The Hall–Kier alpha value is -1.07. The molecule has 1 aliphatic rings. The standard InChI is InChI=1S/C5H7NO4/c7-3-5(4(8)9)1-2-10-6-5/h1-2,6-7H,3H2,(H,8,9). The molecule has 1 aliphatic heterocycles. The van der Waals surface area contributed by atoms with Gasteiger partial charge in [-0.15, -0.1) is 5.48 Å². The number of nitrogens with one attached hydrogen (secondary N) is 1. The summed E-state index contributed by atoms with van der Waals surface area (Å²) in [6.45, 7) is -0.529. The van der Waals surface area contributed by atoms with Crippen molar-refractivity contribution in [2.45, 2.75) is 5.54 Å². The summed E-state index contributed by atoms with van der Waals surface area (Å²) in [5.41, 5.74) is 0.714. The number of hydroxylamine groups is 1. The molecule has 0 amide bonds. The van der Waals surface area contributed by atoms with Crippen molar-refractivity contribution >= 4 is 5.97 Å². The number of rotatable bonds is 2. The Morgan fingerprint density at radius 2 is 2.50 bits per heavy atom. The molecular weight excluding hydrogens is 138 g/mol. The summed E-state index contributed by atoms with van der Waals surface area (Å²) < 4.78 is 0. The zero-order valence-electron chi connectivity index (χ0n) is 5.07. The number of aliphatic carboxylic acids is 1. The fraction of sp³-hybridized carbons (Fsp3) is 0.400. The Morgan fingerprint density at radius 1 is 1.80 bits per heavy atom. The minimum Gasteiger partial charge on any atom is -0.479 e. The predicted molar refractivity (Wildman–Crippen MR) is 30.8 cm³/mol. The van der Waals surface area contributed by atoms with E-state index >= 15 is 0 Å². The van der Waals surface area contributed by atoms with Crippen LogP contribution in [0.4, 0.5) is 0 Å². The molecule has 10 heavy (non-hydrogen) atoms. The van der Waals surface area contributed by atoms with Crippen LogP contribution in [0.25, 0.3) is 0 Å². The molecule has 0 aromatic carbocycles. The van der Waals surface area contributed by atoms with E-state index < -0.39 is 18.1 Å². The average Bonchev–Trinajstić information content (AvgIpc) is 2.35. The number of hydrogen-bond acceptors (Lipinski definition) is 4. The first-order chi connectivity index (χ1) is 4.71. The van der Waals surface area contributed by atoms with E-state index in [1.54, 1.807) is 0 Å². The van der Waals surface area contributed by atoms with Gasteiger partial charge in [0.25, 0.3) is 0 Å². The predicted octanol–water partition coefficient (Wildman–Crippen LogP) is -1.15. The molecule has 0 bridgehead atoms. The molecule has 0 aromatic rings. The minimum absolute atomic E-state index is 0.529. The van der Waals surface area contributed by atoms with Crippen molar-refractivity contribution in [3.63, 3.8) is 0 Å². The monoisotopic (exact) mass is 145 g/mol. The molecule has 5 heteroatoms. The van der Waals surface area contributed by atoms with Crippen LogP contribution in [-0.4, -0.2) is 28.3 Å². The maximum atomic E-state index is 10.4. The Labute approximate surface area is 56.9 Å². The number of carbonyl (C=O) groups is 1. The van der Waals surface area contributed by atoms with Gasteiger partial charge in [-0.1, -0.05) is 0 Å². The largest absolute Gasteiger partial charge is 0.479 e. The third kappa shape index (κ3) is 0.850. The molecule has 0 aromatic heterocycles. The van der Waals surface area contributed by atoms with E-state index in [1.807, 2.05) is 0 Å². The second-order valence-electron chi connectivity index (χ2n) is 1.96. The topological polar surface area (TPSA) is 78.8 Å². The van der Waals surface area contributed by atoms with Crippen LogP contribution in [0.5, 0.6) is 0 Å². The number of carboxylic acid groups (broad SMARTS) is 1. The molecular formula is C5H7NO4. The van der Waals surface area contributed by atoms with Crippen LogP contribution in [0, 0.1) is 0 Å². The van der Waals surface area contributed by atoms with Crippen LogP contribution < -0.4 is 5.48 Å². The summed E-state index contributed by atoms with van der Waals surface area (Å²) in [7, 11) is 0. The van der Waals surface area contributed by atoms with E-state index in [1.165, 1.54) is 12.3 Å². The zero-order chi connectivity index (χ0) is 7.61. The van der Waals surface area contributed by atoms with E-state index in [-0.39, 0.29) is 0 Å². The SMILES string of the molecule is O=C(O)C1(CO)C=CON1. The van der Waals surface area contributed by atoms with E-state index in [4.69, 9.17) is 10.2 Å². The second-order valence-corrected chi connectivity index (χ2v) is 1.96. The minimum atomic E-state index is -1.44. The third-order valence-electron chi connectivity index (χ3n) is 1.29. The third-order valence-corrected chi connectivity index (χ3v) is 1.29. The quantitative estimate of drug-likeness (QED) is 0.457. The fourth-order valence-corrected chi connectivity index (χ4v) is 0.591. The number of aliphatic hydroxyl groups excluding tert-OH is 1. The highest BCUT2D eigenvalue weighted by Crippen LogP contribution is 2.11. The lowest BCUT2D eigenvalue weighted by Gasteiger charge is -2.16. The van der Waals surface area contributed by atoms with Gasteiger partial charge in [-0.25, -0.2) is 4.79 Å². The van der Waals surface area contributed by atoms with E-state index in [0.29, 0.717) is 0 Å². The van der Waals surface area contributed by atoms with Gasteiger partial charge in [-0.2, -0.15) is 0 Å². The smallest absolute Gasteiger partial charge is 0.333 e. The van der Waals surface area contributed by atoms with Gasteiger partial charge in [0.05, 0.1) is 6.61 Å². The molecule has 0 radical (unpaired) electrons. The number of carboxylic acids is 1. The Balaban J connectivity index is 2.78. The van der Waals surface area contributed by atoms with Crippen LogP contribution in [0.15, 0.2) is 12.3 Å². The van der Waals surface area contributed by atoms with Crippen molar-refractivity contribution in [3.05, 3.63) is 12.3 Å². The molecule has 0 saturated heterocycles. The molecule has 0 aliphatic carbocycles. The van der Waals surface area contributed by atoms with E-state index in [0.717, 1.165) is 0 Å². The highest BCUT2D eigenvalue weighted by molar-refractivity contribution is 5.81. The summed E-state index contributed by atoms with van der Waals surface area (Å²) in [5.74, 6) is -1.16. The van der Waals surface area contributed by atoms with Crippen LogP contribution >= 0.6 is 0 Å². The fourth-order valence-electron chi connectivity index (χ4n) is 0.591. The molecule has 1 atom stereocenters. The second kappa shape index (κ2) is 2.28. The number of hydrogen-bond donors (Lipinski definition) is 3.